The molecule has 1 rings (SSSR count). The molecule has 0 aliphatic rings. The smallest absolute Gasteiger partial charge is 0.195 e. The maximum absolute atomic E-state index is 5.73. The van der Waals surface area contributed by atoms with Gasteiger partial charge in [-0.2, -0.15) is 0 Å². The van der Waals surface area contributed by atoms with Crippen LogP contribution >= 0.6 is 24.0 Å². The van der Waals surface area contributed by atoms with Crippen LogP contribution in [-0.2, 0) is 14.2 Å². The van der Waals surface area contributed by atoms with E-state index in [1.54, 1.807) is 14.2 Å². The summed E-state index contributed by atoms with van der Waals surface area (Å²) in [5.41, 5.74) is 0.935. The summed E-state index contributed by atoms with van der Waals surface area (Å²) in [6, 6.07) is 7.86. The fourth-order valence-corrected chi connectivity index (χ4v) is 2.10. The maximum Gasteiger partial charge on any atom is 0.195 e. The van der Waals surface area contributed by atoms with E-state index in [0.29, 0.717) is 39.6 Å². The summed E-state index contributed by atoms with van der Waals surface area (Å²) in [5.74, 6) is 1.58. The Morgan fingerprint density at radius 1 is 1.00 bits per heavy atom. The second-order valence-corrected chi connectivity index (χ2v) is 5.57. The molecular weight excluding hydrogens is 461 g/mol. The van der Waals surface area contributed by atoms with Crippen molar-refractivity contribution in [2.45, 2.75) is 19.8 Å². The van der Waals surface area contributed by atoms with Crippen LogP contribution in [0.15, 0.2) is 29.3 Å². The van der Waals surface area contributed by atoms with E-state index >= 15 is 0 Å². The summed E-state index contributed by atoms with van der Waals surface area (Å²) in [6.45, 7) is 6.78. The topological polar surface area (TPSA) is 73.3 Å². The zero-order chi connectivity index (χ0) is 18.9. The van der Waals surface area contributed by atoms with Gasteiger partial charge in [0.25, 0.3) is 0 Å². The number of rotatable bonds is 14. The summed E-state index contributed by atoms with van der Waals surface area (Å²) in [7, 11) is 3.36. The van der Waals surface area contributed by atoms with Crippen molar-refractivity contribution in [1.29, 1.82) is 0 Å². The minimum Gasteiger partial charge on any atom is -0.493 e. The van der Waals surface area contributed by atoms with E-state index in [1.807, 2.05) is 31.2 Å². The zero-order valence-electron chi connectivity index (χ0n) is 16.7. The number of hydrogen-bond donors (Lipinski definition) is 2. The molecule has 0 amide bonds. The van der Waals surface area contributed by atoms with Crippen molar-refractivity contribution < 1.29 is 18.9 Å². The van der Waals surface area contributed by atoms with Gasteiger partial charge in [-0.15, -0.1) is 24.0 Å². The van der Waals surface area contributed by atoms with Crippen molar-refractivity contribution >= 4 is 35.6 Å². The van der Waals surface area contributed by atoms with E-state index in [1.165, 1.54) is 0 Å². The van der Waals surface area contributed by atoms with E-state index in [9.17, 15) is 0 Å². The quantitative estimate of drug-likeness (QED) is 0.179. The summed E-state index contributed by atoms with van der Waals surface area (Å²) < 4.78 is 21.1. The Balaban J connectivity index is 0.00000676. The standard InChI is InChI=1S/C19H33N3O4.HI/c1-4-20-19(21-10-6-12-25-15-14-24-3)22-17-8-5-9-18(16-17)26-13-7-11-23-2;/h5,8-9,16H,4,6-7,10-15H2,1-3H3,(H2,20,21,22);1H. The van der Waals surface area contributed by atoms with E-state index in [4.69, 9.17) is 18.9 Å². The highest BCUT2D eigenvalue weighted by atomic mass is 127. The number of ether oxygens (including phenoxy) is 4. The Kier molecular flexibility index (Phi) is 17.5. The number of hydrogen-bond acceptors (Lipinski definition) is 5. The van der Waals surface area contributed by atoms with Crippen molar-refractivity contribution in [2.75, 3.05) is 65.7 Å². The molecule has 0 bridgehead atoms. The number of aliphatic imine (C=N–C) groups is 1. The molecule has 27 heavy (non-hydrogen) atoms. The van der Waals surface area contributed by atoms with E-state index in [2.05, 4.69) is 15.6 Å². The molecule has 2 N–H and O–H groups in total. The lowest BCUT2D eigenvalue weighted by Gasteiger charge is -2.13. The van der Waals surface area contributed by atoms with Crippen LogP contribution in [0.3, 0.4) is 0 Å². The Morgan fingerprint density at radius 2 is 1.81 bits per heavy atom. The second kappa shape index (κ2) is 18.3. The van der Waals surface area contributed by atoms with Gasteiger partial charge < -0.3 is 29.6 Å². The highest BCUT2D eigenvalue weighted by molar-refractivity contribution is 14.0. The van der Waals surface area contributed by atoms with Gasteiger partial charge in [-0.25, -0.2) is 0 Å². The van der Waals surface area contributed by atoms with E-state index < -0.39 is 0 Å². The molecular formula is C19H34IN3O4. The molecule has 0 radical (unpaired) electrons. The molecule has 1 aromatic rings. The lowest BCUT2D eigenvalue weighted by atomic mass is 10.3. The van der Waals surface area contributed by atoms with Crippen molar-refractivity contribution in [3.63, 3.8) is 0 Å². The van der Waals surface area contributed by atoms with Crippen LogP contribution in [0.2, 0.25) is 0 Å². The lowest BCUT2D eigenvalue weighted by molar-refractivity contribution is 0.0702. The van der Waals surface area contributed by atoms with Crippen LogP contribution in [0.1, 0.15) is 19.8 Å². The molecule has 8 heteroatoms. The van der Waals surface area contributed by atoms with Crippen LogP contribution in [0, 0.1) is 0 Å². The SMILES string of the molecule is CCNC(=NCCCOCCOC)Nc1cccc(OCCCOC)c1.I. The number of anilines is 1. The predicted molar refractivity (Wildman–Crippen MR) is 121 cm³/mol. The lowest BCUT2D eigenvalue weighted by Crippen LogP contribution is -2.30. The summed E-state index contributed by atoms with van der Waals surface area (Å²) in [4.78, 5) is 4.57. The monoisotopic (exact) mass is 495 g/mol. The van der Waals surface area contributed by atoms with Gasteiger partial charge in [0.15, 0.2) is 5.96 Å². The van der Waals surface area contributed by atoms with Gasteiger partial charge in [0.05, 0.1) is 19.8 Å². The highest BCUT2D eigenvalue weighted by Gasteiger charge is 2.01. The third-order valence-electron chi connectivity index (χ3n) is 3.35. The number of guanidine groups is 1. The van der Waals surface area contributed by atoms with Gasteiger partial charge in [0, 0.05) is 58.7 Å². The van der Waals surface area contributed by atoms with Crippen molar-refractivity contribution in [1.82, 2.24) is 5.32 Å². The van der Waals surface area contributed by atoms with E-state index in [0.717, 1.165) is 36.8 Å². The van der Waals surface area contributed by atoms with Crippen LogP contribution in [0.25, 0.3) is 0 Å². The molecule has 1 aromatic carbocycles. The minimum atomic E-state index is 0. The van der Waals surface area contributed by atoms with Gasteiger partial charge in [0.2, 0.25) is 0 Å². The molecule has 0 saturated carbocycles. The maximum atomic E-state index is 5.73. The van der Waals surface area contributed by atoms with Crippen molar-refractivity contribution in [3.8, 4) is 5.75 Å². The first kappa shape index (κ1) is 25.9. The molecule has 0 fully saturated rings. The van der Waals surface area contributed by atoms with Gasteiger partial charge in [-0.1, -0.05) is 6.07 Å². The molecule has 0 aromatic heterocycles. The zero-order valence-corrected chi connectivity index (χ0v) is 19.0. The third-order valence-corrected chi connectivity index (χ3v) is 3.35. The van der Waals surface area contributed by atoms with Crippen LogP contribution < -0.4 is 15.4 Å². The average molecular weight is 495 g/mol. The average Bonchev–Trinajstić information content (AvgIpc) is 2.65. The second-order valence-electron chi connectivity index (χ2n) is 5.57. The molecule has 0 spiro atoms. The number of nitrogens with zero attached hydrogens (tertiary/aromatic N) is 1. The predicted octanol–water partition coefficient (Wildman–Crippen LogP) is 3.15. The summed E-state index contributed by atoms with van der Waals surface area (Å²) >= 11 is 0. The minimum absolute atomic E-state index is 0. The molecule has 0 heterocycles. The van der Waals surface area contributed by atoms with Crippen LogP contribution in [0.5, 0.6) is 5.75 Å². The number of nitrogens with one attached hydrogen (secondary N) is 2. The van der Waals surface area contributed by atoms with Gasteiger partial charge in [-0.05, 0) is 25.5 Å². The number of halogens is 1. The molecule has 0 saturated heterocycles. The third kappa shape index (κ3) is 13.7. The number of benzene rings is 1. The molecule has 0 atom stereocenters. The first-order valence-electron chi connectivity index (χ1n) is 9.14. The van der Waals surface area contributed by atoms with Gasteiger partial charge in [-0.3, -0.25) is 4.99 Å². The van der Waals surface area contributed by atoms with Crippen LogP contribution in [0.4, 0.5) is 5.69 Å². The van der Waals surface area contributed by atoms with Crippen molar-refractivity contribution in [2.24, 2.45) is 4.99 Å². The first-order valence-corrected chi connectivity index (χ1v) is 9.14. The molecule has 0 aliphatic carbocycles. The Labute approximate surface area is 180 Å². The molecule has 156 valence electrons. The molecule has 0 unspecified atom stereocenters. The highest BCUT2D eigenvalue weighted by Crippen LogP contribution is 2.17. The fraction of sp³-hybridized carbons (Fsp3) is 0.632. The summed E-state index contributed by atoms with van der Waals surface area (Å²) in [6.07, 6.45) is 1.73. The summed E-state index contributed by atoms with van der Waals surface area (Å²) in [5, 5.41) is 6.55. The first-order chi connectivity index (χ1) is 12.8. The van der Waals surface area contributed by atoms with E-state index in [-0.39, 0.29) is 24.0 Å². The van der Waals surface area contributed by atoms with Crippen LogP contribution in [-0.4, -0.2) is 66.3 Å². The largest absolute Gasteiger partial charge is 0.493 e. The Bertz CT molecular complexity index is 504. The fourth-order valence-electron chi connectivity index (χ4n) is 2.10. The normalized spacial score (nSPS) is 11.0. The van der Waals surface area contributed by atoms with Crippen molar-refractivity contribution in [3.05, 3.63) is 24.3 Å². The molecule has 7 nitrogen and oxygen atoms in total. The van der Waals surface area contributed by atoms with Gasteiger partial charge in [0.1, 0.15) is 5.75 Å². The van der Waals surface area contributed by atoms with Gasteiger partial charge >= 0.3 is 0 Å². The Hall–Kier alpha value is -1.10. The number of methoxy groups -OCH3 is 2. The Morgan fingerprint density at radius 3 is 2.56 bits per heavy atom. The molecule has 0 aliphatic heterocycles.